The molecule has 0 saturated carbocycles. The van der Waals surface area contributed by atoms with Crippen LogP contribution in [0.15, 0.2) is 30.3 Å². The third-order valence-corrected chi connectivity index (χ3v) is 3.81. The van der Waals surface area contributed by atoms with E-state index >= 15 is 0 Å². The molecule has 0 radical (unpaired) electrons. The van der Waals surface area contributed by atoms with E-state index in [1.165, 1.54) is 0 Å². The lowest BCUT2D eigenvalue weighted by molar-refractivity contribution is 0.600. The fraction of sp³-hybridized carbons (Fsp3) is 0.231. The van der Waals surface area contributed by atoms with Crippen LogP contribution in [0.25, 0.3) is 0 Å². The molecule has 3 N–H and O–H groups in total. The van der Waals surface area contributed by atoms with E-state index in [2.05, 4.69) is 14.7 Å². The van der Waals surface area contributed by atoms with Crippen LogP contribution in [0.4, 0.5) is 11.6 Å². The molecule has 0 bridgehead atoms. The molecule has 1 heterocycles. The van der Waals surface area contributed by atoms with E-state index < -0.39 is 10.0 Å². The third kappa shape index (κ3) is 3.67. The van der Waals surface area contributed by atoms with E-state index in [9.17, 15) is 8.42 Å². The Morgan fingerprint density at radius 1 is 1.15 bits per heavy atom. The van der Waals surface area contributed by atoms with Gasteiger partial charge in [-0.15, -0.1) is 0 Å². The van der Waals surface area contributed by atoms with Gasteiger partial charge in [0.2, 0.25) is 16.0 Å². The monoisotopic (exact) mass is 292 g/mol. The summed E-state index contributed by atoms with van der Waals surface area (Å²) < 4.78 is 26.6. The van der Waals surface area contributed by atoms with Crippen molar-refractivity contribution in [2.75, 3.05) is 10.5 Å². The highest BCUT2D eigenvalue weighted by atomic mass is 32.2. The van der Waals surface area contributed by atoms with Crippen molar-refractivity contribution in [1.29, 1.82) is 0 Å². The summed E-state index contributed by atoms with van der Waals surface area (Å²) in [5, 5.41) is 0. The Labute approximate surface area is 118 Å². The number of hydrogen-bond donors (Lipinski definition) is 2. The normalized spacial score (nSPS) is 11.3. The SMILES string of the molecule is Cc1cc(C)nc(NS(=O)(=O)Cc2ccccc2N)n1. The molecule has 0 saturated heterocycles. The summed E-state index contributed by atoms with van der Waals surface area (Å²) >= 11 is 0. The molecule has 0 fully saturated rings. The Morgan fingerprint density at radius 3 is 2.35 bits per heavy atom. The number of benzene rings is 1. The molecular weight excluding hydrogens is 276 g/mol. The van der Waals surface area contributed by atoms with Gasteiger partial charge in [0.05, 0.1) is 5.75 Å². The van der Waals surface area contributed by atoms with Gasteiger partial charge in [0.15, 0.2) is 0 Å². The number of nitrogens with two attached hydrogens (primary N) is 1. The number of sulfonamides is 1. The Kier molecular flexibility index (Phi) is 3.89. The van der Waals surface area contributed by atoms with E-state index in [-0.39, 0.29) is 11.7 Å². The summed E-state index contributed by atoms with van der Waals surface area (Å²) in [7, 11) is -3.60. The second-order valence-corrected chi connectivity index (χ2v) is 6.26. The Balaban J connectivity index is 2.21. The zero-order chi connectivity index (χ0) is 14.8. The van der Waals surface area contributed by atoms with E-state index in [1.54, 1.807) is 44.2 Å². The Morgan fingerprint density at radius 2 is 1.75 bits per heavy atom. The topological polar surface area (TPSA) is 98.0 Å². The quantitative estimate of drug-likeness (QED) is 0.834. The average Bonchev–Trinajstić information content (AvgIpc) is 2.29. The van der Waals surface area contributed by atoms with Gasteiger partial charge in [-0.3, -0.25) is 4.72 Å². The Bertz CT molecular complexity index is 709. The highest BCUT2D eigenvalue weighted by Gasteiger charge is 2.15. The van der Waals surface area contributed by atoms with Crippen molar-refractivity contribution >= 4 is 21.7 Å². The molecule has 0 aliphatic rings. The zero-order valence-electron chi connectivity index (χ0n) is 11.3. The standard InChI is InChI=1S/C13H16N4O2S/c1-9-7-10(2)16-13(15-9)17-20(18,19)8-11-5-3-4-6-12(11)14/h3-7H,8,14H2,1-2H3,(H,15,16,17). The van der Waals surface area contributed by atoms with Gasteiger partial charge in [0.1, 0.15) is 0 Å². The average molecular weight is 292 g/mol. The summed E-state index contributed by atoms with van der Waals surface area (Å²) in [6, 6.07) is 8.61. The number of rotatable bonds is 4. The number of nitrogen functional groups attached to an aromatic ring is 1. The lowest BCUT2D eigenvalue weighted by Gasteiger charge is -2.09. The predicted molar refractivity (Wildman–Crippen MR) is 78.6 cm³/mol. The molecule has 106 valence electrons. The molecule has 1 aromatic carbocycles. The summed E-state index contributed by atoms with van der Waals surface area (Å²) in [6.07, 6.45) is 0. The van der Waals surface area contributed by atoms with Crippen molar-refractivity contribution in [2.24, 2.45) is 0 Å². The number of anilines is 2. The van der Waals surface area contributed by atoms with Crippen molar-refractivity contribution in [3.8, 4) is 0 Å². The first kappa shape index (κ1) is 14.3. The number of nitrogens with zero attached hydrogens (tertiary/aromatic N) is 2. The fourth-order valence-electron chi connectivity index (χ4n) is 1.82. The lowest BCUT2D eigenvalue weighted by Crippen LogP contribution is -2.18. The molecule has 20 heavy (non-hydrogen) atoms. The molecule has 0 amide bonds. The van der Waals surface area contributed by atoms with Gasteiger partial charge in [0.25, 0.3) is 0 Å². The van der Waals surface area contributed by atoms with Crippen molar-refractivity contribution in [1.82, 2.24) is 9.97 Å². The molecule has 2 rings (SSSR count). The zero-order valence-corrected chi connectivity index (χ0v) is 12.1. The fourth-order valence-corrected chi connectivity index (χ4v) is 2.93. The second kappa shape index (κ2) is 5.46. The van der Waals surface area contributed by atoms with Gasteiger partial charge >= 0.3 is 0 Å². The molecular formula is C13H16N4O2S. The molecule has 0 atom stereocenters. The smallest absolute Gasteiger partial charge is 0.239 e. The van der Waals surface area contributed by atoms with Gasteiger partial charge < -0.3 is 5.73 Å². The summed E-state index contributed by atoms with van der Waals surface area (Å²) in [6.45, 7) is 3.56. The molecule has 2 aromatic rings. The third-order valence-electron chi connectivity index (χ3n) is 2.63. The largest absolute Gasteiger partial charge is 0.398 e. The van der Waals surface area contributed by atoms with Gasteiger partial charge in [-0.05, 0) is 31.5 Å². The maximum atomic E-state index is 12.1. The highest BCUT2D eigenvalue weighted by molar-refractivity contribution is 7.91. The van der Waals surface area contributed by atoms with E-state index in [1.807, 2.05) is 0 Å². The molecule has 0 spiro atoms. The van der Waals surface area contributed by atoms with Crippen LogP contribution in [0, 0.1) is 13.8 Å². The van der Waals surface area contributed by atoms with Crippen molar-refractivity contribution in [2.45, 2.75) is 19.6 Å². The van der Waals surface area contributed by atoms with Crippen LogP contribution in [0.3, 0.4) is 0 Å². The van der Waals surface area contributed by atoms with Crippen molar-refractivity contribution < 1.29 is 8.42 Å². The molecule has 7 heteroatoms. The number of nitrogens with one attached hydrogen (secondary N) is 1. The first-order valence-electron chi connectivity index (χ1n) is 6.02. The van der Waals surface area contributed by atoms with Crippen LogP contribution in [-0.2, 0) is 15.8 Å². The van der Waals surface area contributed by atoms with Gasteiger partial charge in [-0.25, -0.2) is 18.4 Å². The van der Waals surface area contributed by atoms with E-state index in [4.69, 9.17) is 5.73 Å². The van der Waals surface area contributed by atoms with Crippen LogP contribution in [0.2, 0.25) is 0 Å². The minimum absolute atomic E-state index is 0.0806. The van der Waals surface area contributed by atoms with Crippen LogP contribution in [0.5, 0.6) is 0 Å². The maximum absolute atomic E-state index is 12.1. The molecule has 0 aliphatic carbocycles. The van der Waals surface area contributed by atoms with E-state index in [0.29, 0.717) is 22.6 Å². The second-order valence-electron chi connectivity index (χ2n) is 4.53. The Hall–Kier alpha value is -2.15. The van der Waals surface area contributed by atoms with Crippen molar-refractivity contribution in [3.05, 3.63) is 47.3 Å². The molecule has 6 nitrogen and oxygen atoms in total. The summed E-state index contributed by atoms with van der Waals surface area (Å²) in [4.78, 5) is 8.10. The van der Waals surface area contributed by atoms with Crippen LogP contribution in [0.1, 0.15) is 17.0 Å². The first-order chi connectivity index (χ1) is 9.35. The van der Waals surface area contributed by atoms with E-state index in [0.717, 1.165) is 0 Å². The number of hydrogen-bond acceptors (Lipinski definition) is 5. The molecule has 0 unspecified atom stereocenters. The highest BCUT2D eigenvalue weighted by Crippen LogP contribution is 2.15. The van der Waals surface area contributed by atoms with Gasteiger partial charge in [0, 0.05) is 17.1 Å². The predicted octanol–water partition coefficient (Wildman–Crippen LogP) is 1.62. The van der Waals surface area contributed by atoms with Gasteiger partial charge in [-0.1, -0.05) is 18.2 Å². The van der Waals surface area contributed by atoms with Gasteiger partial charge in [-0.2, -0.15) is 0 Å². The maximum Gasteiger partial charge on any atom is 0.239 e. The summed E-state index contributed by atoms with van der Waals surface area (Å²) in [5.74, 6) is -0.132. The lowest BCUT2D eigenvalue weighted by atomic mass is 10.2. The van der Waals surface area contributed by atoms with Crippen molar-refractivity contribution in [3.63, 3.8) is 0 Å². The molecule has 1 aromatic heterocycles. The number of aromatic nitrogens is 2. The van der Waals surface area contributed by atoms with Crippen LogP contribution in [-0.4, -0.2) is 18.4 Å². The van der Waals surface area contributed by atoms with Crippen LogP contribution < -0.4 is 10.5 Å². The first-order valence-corrected chi connectivity index (χ1v) is 7.67. The minimum atomic E-state index is -3.60. The molecule has 0 aliphatic heterocycles. The number of para-hydroxylation sites is 1. The minimum Gasteiger partial charge on any atom is -0.398 e. The summed E-state index contributed by atoms with van der Waals surface area (Å²) in [5.41, 5.74) is 8.14. The van der Waals surface area contributed by atoms with Crippen LogP contribution >= 0.6 is 0 Å². The number of aryl methyl sites for hydroxylation is 2.